The number of hydrogen-bond donors (Lipinski definition) is 1. The predicted octanol–water partition coefficient (Wildman–Crippen LogP) is 4.36. The van der Waals surface area contributed by atoms with E-state index in [0.717, 1.165) is 23.0 Å². The molecule has 0 amide bonds. The second-order valence-corrected chi connectivity index (χ2v) is 6.83. The molecule has 0 fully saturated rings. The number of rotatable bonds is 2. The summed E-state index contributed by atoms with van der Waals surface area (Å²) in [4.78, 5) is 5.53. The summed E-state index contributed by atoms with van der Waals surface area (Å²) < 4.78 is 27.4. The van der Waals surface area contributed by atoms with Gasteiger partial charge in [-0.3, -0.25) is 4.90 Å². The zero-order valence-corrected chi connectivity index (χ0v) is 13.0. The third kappa shape index (κ3) is 2.57. The Balaban J connectivity index is 2.04. The fourth-order valence-corrected chi connectivity index (χ4v) is 3.51. The molecule has 2 unspecified atom stereocenters. The molecule has 21 heavy (non-hydrogen) atoms. The van der Waals surface area contributed by atoms with Gasteiger partial charge >= 0.3 is 0 Å². The number of alkyl halides is 1. The van der Waals surface area contributed by atoms with Crippen LogP contribution in [-0.2, 0) is 6.42 Å². The normalized spacial score (nSPS) is 23.5. The van der Waals surface area contributed by atoms with Crippen molar-refractivity contribution in [2.24, 2.45) is 0 Å². The van der Waals surface area contributed by atoms with Crippen LogP contribution in [0, 0.1) is 5.82 Å². The average Bonchev–Trinajstić information content (AvgIpc) is 2.71. The Morgan fingerprint density at radius 3 is 2.71 bits per heavy atom. The van der Waals surface area contributed by atoms with E-state index >= 15 is 0 Å². The third-order valence-electron chi connectivity index (χ3n) is 4.44. The zero-order chi connectivity index (χ0) is 15.4. The topological polar surface area (TPSA) is 19.0 Å². The van der Waals surface area contributed by atoms with Gasteiger partial charge in [0.25, 0.3) is 0 Å². The van der Waals surface area contributed by atoms with Gasteiger partial charge in [0.1, 0.15) is 11.5 Å². The van der Waals surface area contributed by atoms with Crippen LogP contribution in [-0.4, -0.2) is 28.1 Å². The van der Waals surface area contributed by atoms with Crippen molar-refractivity contribution in [3.05, 3.63) is 35.3 Å². The smallest absolute Gasteiger partial charge is 0.125 e. The molecule has 4 heteroatoms. The Labute approximate surface area is 124 Å². The fraction of sp³-hybridized carbons (Fsp3) is 0.529. The summed E-state index contributed by atoms with van der Waals surface area (Å²) in [5.41, 5.74) is 1.95. The van der Waals surface area contributed by atoms with Crippen molar-refractivity contribution >= 4 is 10.9 Å². The number of fused-ring (bicyclic) bond motifs is 3. The van der Waals surface area contributed by atoms with E-state index in [9.17, 15) is 8.78 Å². The second kappa shape index (κ2) is 4.80. The van der Waals surface area contributed by atoms with E-state index in [1.165, 1.54) is 17.7 Å². The molecule has 0 saturated heterocycles. The van der Waals surface area contributed by atoms with E-state index in [2.05, 4.69) is 23.7 Å². The van der Waals surface area contributed by atoms with Gasteiger partial charge in [0, 0.05) is 35.2 Å². The van der Waals surface area contributed by atoms with E-state index in [4.69, 9.17) is 0 Å². The summed E-state index contributed by atoms with van der Waals surface area (Å²) in [6.07, 6.45) is 0.862. The summed E-state index contributed by atoms with van der Waals surface area (Å²) in [5, 5.41) is 1.09. The first-order chi connectivity index (χ1) is 9.76. The number of H-pyrrole nitrogens is 1. The van der Waals surface area contributed by atoms with Gasteiger partial charge in [-0.1, -0.05) is 0 Å². The first-order valence-corrected chi connectivity index (χ1v) is 7.51. The molecule has 1 aliphatic rings. The maximum atomic E-state index is 14.1. The molecule has 0 aliphatic carbocycles. The lowest BCUT2D eigenvalue weighted by atomic mass is 9.92. The minimum absolute atomic E-state index is 0.106. The van der Waals surface area contributed by atoms with Crippen molar-refractivity contribution in [2.45, 2.75) is 51.9 Å². The summed E-state index contributed by atoms with van der Waals surface area (Å²) in [6.45, 7) is 7.85. The van der Waals surface area contributed by atoms with Crippen molar-refractivity contribution < 1.29 is 8.78 Å². The molecule has 2 heterocycles. The van der Waals surface area contributed by atoms with Crippen LogP contribution >= 0.6 is 0 Å². The highest BCUT2D eigenvalue weighted by atomic mass is 19.1. The Morgan fingerprint density at radius 1 is 1.33 bits per heavy atom. The number of hydrogen-bond acceptors (Lipinski definition) is 1. The summed E-state index contributed by atoms with van der Waals surface area (Å²) in [5.74, 6) is -0.233. The van der Waals surface area contributed by atoms with Crippen LogP contribution < -0.4 is 0 Å². The highest BCUT2D eigenvalue weighted by molar-refractivity contribution is 5.85. The predicted molar refractivity (Wildman–Crippen MR) is 81.7 cm³/mol. The molecule has 1 aliphatic heterocycles. The third-order valence-corrected chi connectivity index (χ3v) is 4.44. The molecule has 1 aromatic heterocycles. The van der Waals surface area contributed by atoms with Crippen LogP contribution in [0.2, 0.25) is 0 Å². The van der Waals surface area contributed by atoms with Crippen molar-refractivity contribution in [2.75, 3.05) is 6.54 Å². The largest absolute Gasteiger partial charge is 0.357 e. The van der Waals surface area contributed by atoms with Gasteiger partial charge in [-0.2, -0.15) is 0 Å². The number of benzene rings is 1. The van der Waals surface area contributed by atoms with Gasteiger partial charge in [-0.25, -0.2) is 8.78 Å². The van der Waals surface area contributed by atoms with Crippen molar-refractivity contribution in [1.82, 2.24) is 9.88 Å². The summed E-state index contributed by atoms with van der Waals surface area (Å²) in [6, 6.07) is 5.26. The molecule has 3 rings (SSSR count). The number of aromatic amines is 1. The monoisotopic (exact) mass is 292 g/mol. The molecule has 0 radical (unpaired) electrons. The van der Waals surface area contributed by atoms with Crippen LogP contribution in [0.4, 0.5) is 8.78 Å². The first kappa shape index (κ1) is 14.5. The minimum Gasteiger partial charge on any atom is -0.357 e. The fourth-order valence-electron chi connectivity index (χ4n) is 3.51. The first-order valence-electron chi connectivity index (χ1n) is 7.51. The highest BCUT2D eigenvalue weighted by Crippen LogP contribution is 2.37. The Morgan fingerprint density at radius 2 is 2.05 bits per heavy atom. The molecule has 2 nitrogen and oxygen atoms in total. The molecular formula is C17H22F2N2. The molecule has 114 valence electrons. The quantitative estimate of drug-likeness (QED) is 0.871. The van der Waals surface area contributed by atoms with E-state index in [-0.39, 0.29) is 17.9 Å². The van der Waals surface area contributed by atoms with Crippen LogP contribution in [0.5, 0.6) is 0 Å². The molecule has 0 saturated carbocycles. The van der Waals surface area contributed by atoms with E-state index < -0.39 is 5.67 Å². The zero-order valence-electron chi connectivity index (χ0n) is 13.0. The molecule has 2 atom stereocenters. The lowest BCUT2D eigenvalue weighted by Gasteiger charge is -2.41. The van der Waals surface area contributed by atoms with Crippen molar-refractivity contribution in [3.63, 3.8) is 0 Å². The Bertz CT molecular complexity index is 669. The van der Waals surface area contributed by atoms with Crippen LogP contribution in [0.1, 0.15) is 45.0 Å². The lowest BCUT2D eigenvalue weighted by molar-refractivity contribution is 0.0595. The average molecular weight is 292 g/mol. The van der Waals surface area contributed by atoms with Gasteiger partial charge < -0.3 is 4.98 Å². The molecular weight excluding hydrogens is 270 g/mol. The lowest BCUT2D eigenvalue weighted by Crippen LogP contribution is -2.46. The highest BCUT2D eigenvalue weighted by Gasteiger charge is 2.35. The summed E-state index contributed by atoms with van der Waals surface area (Å²) >= 11 is 0. The van der Waals surface area contributed by atoms with Gasteiger partial charge in [0.15, 0.2) is 0 Å². The second-order valence-electron chi connectivity index (χ2n) is 6.83. The van der Waals surface area contributed by atoms with Crippen LogP contribution in [0.3, 0.4) is 0 Å². The van der Waals surface area contributed by atoms with Gasteiger partial charge in [-0.05, 0) is 57.9 Å². The van der Waals surface area contributed by atoms with Gasteiger partial charge in [0.2, 0.25) is 0 Å². The number of nitrogens with one attached hydrogen (secondary N) is 1. The number of halogens is 2. The van der Waals surface area contributed by atoms with Gasteiger partial charge in [-0.15, -0.1) is 0 Å². The maximum Gasteiger partial charge on any atom is 0.125 e. The molecule has 1 aromatic carbocycles. The van der Waals surface area contributed by atoms with Crippen molar-refractivity contribution in [3.8, 4) is 0 Å². The van der Waals surface area contributed by atoms with E-state index in [1.54, 1.807) is 13.8 Å². The standard InChI is InChI=1S/C17H22F2N2/c1-10-7-14-13-6-5-12(18)8-15(13)20-16(14)11(2)21(10)9-17(3,4)19/h5-6,8,10-11,20H,7,9H2,1-4H3. The number of nitrogens with zero attached hydrogens (tertiary/aromatic N) is 1. The van der Waals surface area contributed by atoms with Gasteiger partial charge in [0.05, 0.1) is 0 Å². The molecule has 1 N–H and O–H groups in total. The number of aromatic nitrogens is 1. The van der Waals surface area contributed by atoms with E-state index in [1.807, 2.05) is 6.07 Å². The minimum atomic E-state index is -1.22. The SMILES string of the molecule is CC1Cc2c([nH]c3cc(F)ccc23)C(C)N1CC(C)(C)F. The molecule has 0 bridgehead atoms. The maximum absolute atomic E-state index is 14.1. The summed E-state index contributed by atoms with van der Waals surface area (Å²) in [7, 11) is 0. The van der Waals surface area contributed by atoms with Crippen LogP contribution in [0.15, 0.2) is 18.2 Å². The Hall–Kier alpha value is -1.42. The molecule has 2 aromatic rings. The van der Waals surface area contributed by atoms with E-state index in [0.29, 0.717) is 6.54 Å². The Kier molecular flexibility index (Phi) is 3.32. The van der Waals surface area contributed by atoms with Crippen molar-refractivity contribution in [1.29, 1.82) is 0 Å². The van der Waals surface area contributed by atoms with Crippen LogP contribution in [0.25, 0.3) is 10.9 Å². The molecule has 0 spiro atoms.